The van der Waals surface area contributed by atoms with Gasteiger partial charge in [0.2, 0.25) is 5.91 Å². The van der Waals surface area contributed by atoms with Crippen LogP contribution in [-0.4, -0.2) is 11.0 Å². The van der Waals surface area contributed by atoms with E-state index in [1.54, 1.807) is 6.07 Å². The molecule has 19 heavy (non-hydrogen) atoms. The van der Waals surface area contributed by atoms with E-state index in [1.807, 2.05) is 11.4 Å². The number of benzene rings is 1. The Labute approximate surface area is 113 Å². The summed E-state index contributed by atoms with van der Waals surface area (Å²) in [5.74, 6) is -1.17. The molecular formula is C13H13FN2O2S. The standard InChI is InChI=1S/C13H13FN2O2S/c1-8(17)16-11-4-5-19-13(11)7-15-9-2-3-12(18)10(14)6-9/h2-6,15,18H,7H2,1H3,(H,16,17). The summed E-state index contributed by atoms with van der Waals surface area (Å²) in [6.45, 7) is 1.92. The predicted molar refractivity (Wildman–Crippen MR) is 74.0 cm³/mol. The van der Waals surface area contributed by atoms with E-state index in [0.717, 1.165) is 10.6 Å². The molecule has 1 aromatic heterocycles. The first kappa shape index (κ1) is 13.4. The van der Waals surface area contributed by atoms with Crippen LogP contribution in [0.15, 0.2) is 29.6 Å². The van der Waals surface area contributed by atoms with Gasteiger partial charge in [-0.05, 0) is 23.6 Å². The fourth-order valence-corrected chi connectivity index (χ4v) is 2.35. The van der Waals surface area contributed by atoms with Crippen molar-refractivity contribution in [1.82, 2.24) is 0 Å². The maximum atomic E-state index is 13.2. The minimum Gasteiger partial charge on any atom is -0.505 e. The molecule has 0 fully saturated rings. The van der Waals surface area contributed by atoms with E-state index in [0.29, 0.717) is 12.2 Å². The smallest absolute Gasteiger partial charge is 0.221 e. The Morgan fingerprint density at radius 1 is 1.42 bits per heavy atom. The van der Waals surface area contributed by atoms with Gasteiger partial charge in [0.05, 0.1) is 12.2 Å². The van der Waals surface area contributed by atoms with Crippen LogP contribution in [0.1, 0.15) is 11.8 Å². The molecular weight excluding hydrogens is 267 g/mol. The summed E-state index contributed by atoms with van der Waals surface area (Å²) >= 11 is 1.50. The summed E-state index contributed by atoms with van der Waals surface area (Å²) < 4.78 is 13.2. The normalized spacial score (nSPS) is 10.2. The van der Waals surface area contributed by atoms with Gasteiger partial charge < -0.3 is 15.7 Å². The number of thiophene rings is 1. The SMILES string of the molecule is CC(=O)Nc1ccsc1CNc1ccc(O)c(F)c1. The van der Waals surface area contributed by atoms with Crippen LogP contribution in [-0.2, 0) is 11.3 Å². The van der Waals surface area contributed by atoms with Gasteiger partial charge in [0.25, 0.3) is 0 Å². The highest BCUT2D eigenvalue weighted by Gasteiger charge is 2.06. The van der Waals surface area contributed by atoms with Gasteiger partial charge in [0, 0.05) is 23.6 Å². The molecule has 0 saturated carbocycles. The van der Waals surface area contributed by atoms with Crippen LogP contribution in [0.25, 0.3) is 0 Å². The molecule has 0 radical (unpaired) electrons. The zero-order chi connectivity index (χ0) is 13.8. The highest BCUT2D eigenvalue weighted by atomic mass is 32.1. The monoisotopic (exact) mass is 280 g/mol. The zero-order valence-corrected chi connectivity index (χ0v) is 11.1. The molecule has 0 saturated heterocycles. The van der Waals surface area contributed by atoms with E-state index in [-0.39, 0.29) is 11.7 Å². The number of anilines is 2. The first-order valence-electron chi connectivity index (χ1n) is 5.62. The molecule has 100 valence electrons. The van der Waals surface area contributed by atoms with Crippen molar-refractivity contribution >= 4 is 28.6 Å². The van der Waals surface area contributed by atoms with Gasteiger partial charge in [-0.2, -0.15) is 0 Å². The average Bonchev–Trinajstić information content (AvgIpc) is 2.77. The molecule has 3 N–H and O–H groups in total. The number of amides is 1. The Hall–Kier alpha value is -2.08. The summed E-state index contributed by atoms with van der Waals surface area (Å²) in [7, 11) is 0. The minimum atomic E-state index is -0.668. The van der Waals surface area contributed by atoms with E-state index in [4.69, 9.17) is 5.11 Å². The van der Waals surface area contributed by atoms with Gasteiger partial charge >= 0.3 is 0 Å². The van der Waals surface area contributed by atoms with Gasteiger partial charge in [-0.15, -0.1) is 11.3 Å². The van der Waals surface area contributed by atoms with Crippen molar-refractivity contribution in [3.63, 3.8) is 0 Å². The molecule has 0 bridgehead atoms. The van der Waals surface area contributed by atoms with Gasteiger partial charge in [-0.1, -0.05) is 0 Å². The first-order chi connectivity index (χ1) is 9.06. The second kappa shape index (κ2) is 5.71. The number of phenols is 1. The highest BCUT2D eigenvalue weighted by Crippen LogP contribution is 2.25. The van der Waals surface area contributed by atoms with Crippen LogP contribution in [0.4, 0.5) is 15.8 Å². The highest BCUT2D eigenvalue weighted by molar-refractivity contribution is 7.10. The summed E-state index contributed by atoms with van der Waals surface area (Å²) in [6, 6.07) is 5.92. The number of halogens is 1. The number of nitrogens with one attached hydrogen (secondary N) is 2. The summed E-state index contributed by atoms with van der Waals surface area (Å²) in [5, 5.41) is 16.7. The van der Waals surface area contributed by atoms with Crippen LogP contribution in [0.5, 0.6) is 5.75 Å². The number of hydrogen-bond donors (Lipinski definition) is 3. The van der Waals surface area contributed by atoms with Gasteiger partial charge in [-0.3, -0.25) is 4.79 Å². The fourth-order valence-electron chi connectivity index (χ4n) is 1.58. The Morgan fingerprint density at radius 2 is 2.21 bits per heavy atom. The van der Waals surface area contributed by atoms with E-state index in [1.165, 1.54) is 30.4 Å². The molecule has 1 amide bonds. The van der Waals surface area contributed by atoms with Crippen LogP contribution < -0.4 is 10.6 Å². The van der Waals surface area contributed by atoms with Crippen molar-refractivity contribution in [3.8, 4) is 5.75 Å². The number of aromatic hydroxyl groups is 1. The van der Waals surface area contributed by atoms with Gasteiger partial charge in [-0.25, -0.2) is 4.39 Å². The lowest BCUT2D eigenvalue weighted by molar-refractivity contribution is -0.114. The Kier molecular flexibility index (Phi) is 4.01. The molecule has 0 spiro atoms. The molecule has 2 rings (SSSR count). The van der Waals surface area contributed by atoms with Gasteiger partial charge in [0.15, 0.2) is 11.6 Å². The molecule has 0 aliphatic rings. The first-order valence-corrected chi connectivity index (χ1v) is 6.50. The summed E-state index contributed by atoms with van der Waals surface area (Å²) in [4.78, 5) is 12.0. The lowest BCUT2D eigenvalue weighted by atomic mass is 10.3. The van der Waals surface area contributed by atoms with Crippen molar-refractivity contribution in [2.45, 2.75) is 13.5 Å². The quantitative estimate of drug-likeness (QED) is 0.754. The lowest BCUT2D eigenvalue weighted by Gasteiger charge is -2.08. The van der Waals surface area contributed by atoms with Crippen molar-refractivity contribution < 1.29 is 14.3 Å². The maximum Gasteiger partial charge on any atom is 0.221 e. The number of carbonyl (C=O) groups excluding carboxylic acids is 1. The third-order valence-electron chi connectivity index (χ3n) is 2.46. The predicted octanol–water partition coefficient (Wildman–Crippen LogP) is 3.16. The van der Waals surface area contributed by atoms with Crippen molar-refractivity contribution in [3.05, 3.63) is 40.3 Å². The maximum absolute atomic E-state index is 13.2. The largest absolute Gasteiger partial charge is 0.505 e. The Morgan fingerprint density at radius 3 is 2.89 bits per heavy atom. The average molecular weight is 280 g/mol. The summed E-state index contributed by atoms with van der Waals surface area (Å²) in [5.41, 5.74) is 1.32. The molecule has 0 unspecified atom stereocenters. The fraction of sp³-hybridized carbons (Fsp3) is 0.154. The van der Waals surface area contributed by atoms with Crippen LogP contribution in [0.3, 0.4) is 0 Å². The minimum absolute atomic E-state index is 0.129. The van der Waals surface area contributed by atoms with Crippen LogP contribution in [0, 0.1) is 5.82 Å². The Bertz CT molecular complexity index is 598. The second-order valence-electron chi connectivity index (χ2n) is 3.96. The third kappa shape index (κ3) is 3.45. The van der Waals surface area contributed by atoms with E-state index < -0.39 is 5.82 Å². The van der Waals surface area contributed by atoms with Crippen molar-refractivity contribution in [1.29, 1.82) is 0 Å². The van der Waals surface area contributed by atoms with Crippen LogP contribution >= 0.6 is 11.3 Å². The molecule has 1 heterocycles. The zero-order valence-electron chi connectivity index (χ0n) is 10.2. The Balaban J connectivity index is 2.04. The lowest BCUT2D eigenvalue weighted by Crippen LogP contribution is -2.08. The van der Waals surface area contributed by atoms with Crippen molar-refractivity contribution in [2.75, 3.05) is 10.6 Å². The molecule has 4 nitrogen and oxygen atoms in total. The topological polar surface area (TPSA) is 61.4 Å². The molecule has 1 aromatic carbocycles. The van der Waals surface area contributed by atoms with E-state index in [9.17, 15) is 9.18 Å². The molecule has 0 aliphatic carbocycles. The number of hydrogen-bond acceptors (Lipinski definition) is 4. The molecule has 6 heteroatoms. The second-order valence-corrected chi connectivity index (χ2v) is 4.96. The number of rotatable bonds is 4. The van der Waals surface area contributed by atoms with E-state index in [2.05, 4.69) is 10.6 Å². The molecule has 0 aliphatic heterocycles. The molecule has 2 aromatic rings. The summed E-state index contributed by atoms with van der Waals surface area (Å²) in [6.07, 6.45) is 0. The van der Waals surface area contributed by atoms with Crippen LogP contribution in [0.2, 0.25) is 0 Å². The third-order valence-corrected chi connectivity index (χ3v) is 3.38. The number of phenolic OH excluding ortho intramolecular Hbond substituents is 1. The molecule has 0 atom stereocenters. The number of carbonyl (C=O) groups is 1. The van der Waals surface area contributed by atoms with E-state index >= 15 is 0 Å². The van der Waals surface area contributed by atoms with Crippen molar-refractivity contribution in [2.24, 2.45) is 0 Å². The van der Waals surface area contributed by atoms with Gasteiger partial charge in [0.1, 0.15) is 0 Å².